The fourth-order valence-electron chi connectivity index (χ4n) is 12.0. The summed E-state index contributed by atoms with van der Waals surface area (Å²) in [5, 5.41) is 0. The highest BCUT2D eigenvalue weighted by Crippen LogP contribution is 2.65. The minimum Gasteiger partial charge on any atom is -0.310 e. The first-order chi connectivity index (χ1) is 37.2. The van der Waals surface area contributed by atoms with Gasteiger partial charge in [-0.15, -0.1) is 0 Å². The van der Waals surface area contributed by atoms with E-state index in [0.29, 0.717) is 0 Å². The Balaban J connectivity index is 1.04. The van der Waals surface area contributed by atoms with Crippen molar-refractivity contribution in [3.05, 3.63) is 326 Å². The molecule has 0 aliphatic heterocycles. The van der Waals surface area contributed by atoms with Gasteiger partial charge in [0, 0.05) is 34.1 Å². The van der Waals surface area contributed by atoms with E-state index in [2.05, 4.69) is 313 Å². The summed E-state index contributed by atoms with van der Waals surface area (Å²) < 4.78 is 0. The Labute approximate surface area is 439 Å². The predicted octanol–water partition coefficient (Wildman–Crippen LogP) is 19.6. The van der Waals surface area contributed by atoms with E-state index in [4.69, 9.17) is 0 Å². The quantitative estimate of drug-likeness (QED) is 0.135. The smallest absolute Gasteiger partial charge is 0.0727 e. The molecule has 14 rings (SSSR count). The van der Waals surface area contributed by atoms with Crippen LogP contribution in [0.25, 0.3) is 66.8 Å². The van der Waals surface area contributed by atoms with Gasteiger partial charge in [0.05, 0.1) is 5.41 Å². The first-order valence-electron chi connectivity index (χ1n) is 25.9. The van der Waals surface area contributed by atoms with Crippen molar-refractivity contribution in [3.8, 4) is 66.8 Å². The lowest BCUT2D eigenvalue weighted by Crippen LogP contribution is -2.27. The molecule has 2 aliphatic rings. The van der Waals surface area contributed by atoms with E-state index in [1.54, 1.807) is 0 Å². The van der Waals surface area contributed by atoms with Gasteiger partial charge in [-0.1, -0.05) is 218 Å². The van der Waals surface area contributed by atoms with E-state index in [1.165, 1.54) is 89.0 Å². The van der Waals surface area contributed by atoms with Crippen LogP contribution < -0.4 is 9.80 Å². The summed E-state index contributed by atoms with van der Waals surface area (Å²) in [5.74, 6) is 0. The minimum atomic E-state index is -0.723. The van der Waals surface area contributed by atoms with E-state index < -0.39 is 5.41 Å². The van der Waals surface area contributed by atoms with Crippen molar-refractivity contribution in [2.75, 3.05) is 9.80 Å². The maximum absolute atomic E-state index is 2.51. The van der Waals surface area contributed by atoms with Crippen LogP contribution in [0, 0.1) is 0 Å². The zero-order valence-corrected chi connectivity index (χ0v) is 41.3. The van der Waals surface area contributed by atoms with Crippen LogP contribution in [0.5, 0.6) is 0 Å². The molecule has 1 spiro atoms. The van der Waals surface area contributed by atoms with E-state index >= 15 is 0 Å². The van der Waals surface area contributed by atoms with Crippen molar-refractivity contribution in [2.45, 2.75) is 5.41 Å². The average Bonchev–Trinajstić information content (AvgIpc) is 4.02. The van der Waals surface area contributed by atoms with Crippen LogP contribution in [0.15, 0.2) is 303 Å². The Bertz CT molecular complexity index is 3660. The molecule has 0 saturated heterocycles. The SMILES string of the molecule is c1ccc(-c2ccc(-c3ccc4c(c3)C3(c5cc(-c6ccc(-c7ccccc7)cc6)ccc5-4)c4cc(N(c5ccccc5)c5ccccc5)ccc4-c4ccc(N(c5ccccc5)c5ccccc5)cc43)cc2)cc1. The van der Waals surface area contributed by atoms with Crippen LogP contribution in [0.3, 0.4) is 0 Å². The number of rotatable bonds is 10. The predicted molar refractivity (Wildman–Crippen MR) is 314 cm³/mol. The monoisotopic (exact) mass is 954 g/mol. The lowest BCUT2D eigenvalue weighted by Gasteiger charge is -2.33. The van der Waals surface area contributed by atoms with Crippen molar-refractivity contribution in [1.82, 2.24) is 0 Å². The molecule has 0 unspecified atom stereocenters. The van der Waals surface area contributed by atoms with Gasteiger partial charge in [-0.2, -0.15) is 0 Å². The molecule has 0 bridgehead atoms. The van der Waals surface area contributed by atoms with E-state index in [9.17, 15) is 0 Å². The minimum absolute atomic E-state index is 0.723. The molecule has 0 N–H and O–H groups in total. The number of benzene rings is 12. The van der Waals surface area contributed by atoms with Gasteiger partial charge in [0.25, 0.3) is 0 Å². The Morgan fingerprint density at radius 3 is 0.707 bits per heavy atom. The van der Waals surface area contributed by atoms with E-state index in [-0.39, 0.29) is 0 Å². The normalized spacial score (nSPS) is 12.4. The summed E-state index contributed by atoms with van der Waals surface area (Å²) in [4.78, 5) is 4.81. The molecular weight excluding hydrogens is 905 g/mol. The Morgan fingerprint density at radius 2 is 0.400 bits per heavy atom. The average molecular weight is 955 g/mol. The standard InChI is InChI=1S/C73H50N2/c1-7-19-51(20-8-1)53-31-35-55(36-32-53)57-39-43-65-66-44-40-58(56-37-33-54(34-38-56)52-21-9-2-10-22-52)48-70(66)73(69(65)47-57)71-49-63(74(59-23-11-3-12-24-59)60-25-13-4-14-26-60)41-45-67(71)68-46-42-64(50-72(68)73)75(61-27-15-5-16-28-61)62-29-17-6-18-30-62/h1-50H. The van der Waals surface area contributed by atoms with Crippen LogP contribution in [-0.2, 0) is 5.41 Å². The van der Waals surface area contributed by atoms with Crippen LogP contribution in [0.1, 0.15) is 22.3 Å². The maximum atomic E-state index is 2.51. The lowest BCUT2D eigenvalue weighted by molar-refractivity contribution is 0.794. The summed E-state index contributed by atoms with van der Waals surface area (Å²) in [7, 11) is 0. The second kappa shape index (κ2) is 18.4. The molecule has 352 valence electrons. The molecule has 0 atom stereocenters. The zero-order chi connectivity index (χ0) is 49.7. The van der Waals surface area contributed by atoms with Gasteiger partial charge in [0.2, 0.25) is 0 Å². The largest absolute Gasteiger partial charge is 0.310 e. The molecule has 12 aromatic carbocycles. The van der Waals surface area contributed by atoms with Crippen LogP contribution in [0.4, 0.5) is 34.1 Å². The van der Waals surface area contributed by atoms with Crippen molar-refractivity contribution >= 4 is 34.1 Å². The highest BCUT2D eigenvalue weighted by atomic mass is 15.1. The molecule has 2 heteroatoms. The summed E-state index contributed by atoms with van der Waals surface area (Å²) in [6.45, 7) is 0. The third kappa shape index (κ3) is 7.49. The van der Waals surface area contributed by atoms with Gasteiger partial charge in [-0.3, -0.25) is 0 Å². The Hall–Kier alpha value is -9.76. The fraction of sp³-hybridized carbons (Fsp3) is 0.0137. The molecule has 0 heterocycles. The van der Waals surface area contributed by atoms with Gasteiger partial charge >= 0.3 is 0 Å². The van der Waals surface area contributed by atoms with Crippen LogP contribution in [0.2, 0.25) is 0 Å². The highest BCUT2D eigenvalue weighted by molar-refractivity contribution is 5.99. The lowest BCUT2D eigenvalue weighted by atomic mass is 9.69. The molecule has 2 aliphatic carbocycles. The third-order valence-corrected chi connectivity index (χ3v) is 15.5. The molecule has 0 fully saturated rings. The number of hydrogen-bond acceptors (Lipinski definition) is 2. The fourth-order valence-corrected chi connectivity index (χ4v) is 12.0. The summed E-state index contributed by atoms with van der Waals surface area (Å²) in [6, 6.07) is 112. The molecular formula is C73H50N2. The second-order valence-corrected chi connectivity index (χ2v) is 19.6. The highest BCUT2D eigenvalue weighted by Gasteiger charge is 2.52. The molecule has 75 heavy (non-hydrogen) atoms. The topological polar surface area (TPSA) is 6.48 Å². The van der Waals surface area contributed by atoms with Crippen LogP contribution in [-0.4, -0.2) is 0 Å². The van der Waals surface area contributed by atoms with Gasteiger partial charge in [0.15, 0.2) is 0 Å². The summed E-state index contributed by atoms with van der Waals surface area (Å²) in [6.07, 6.45) is 0. The molecule has 0 amide bonds. The van der Waals surface area contributed by atoms with E-state index in [1.807, 2.05) is 0 Å². The van der Waals surface area contributed by atoms with E-state index in [0.717, 1.165) is 34.1 Å². The maximum Gasteiger partial charge on any atom is 0.0727 e. The number of fused-ring (bicyclic) bond motifs is 10. The van der Waals surface area contributed by atoms with Crippen LogP contribution >= 0.6 is 0 Å². The van der Waals surface area contributed by atoms with Gasteiger partial charge in [-0.25, -0.2) is 0 Å². The number of anilines is 6. The van der Waals surface area contributed by atoms with Gasteiger partial charge in [-0.05, 0) is 174 Å². The summed E-state index contributed by atoms with van der Waals surface area (Å²) in [5.41, 5.74) is 25.5. The number of nitrogens with zero attached hydrogens (tertiary/aromatic N) is 2. The first-order valence-corrected chi connectivity index (χ1v) is 25.9. The molecule has 12 aromatic rings. The molecule has 0 radical (unpaired) electrons. The van der Waals surface area contributed by atoms with Gasteiger partial charge in [0.1, 0.15) is 0 Å². The molecule has 0 aromatic heterocycles. The number of hydrogen-bond donors (Lipinski definition) is 0. The van der Waals surface area contributed by atoms with Crippen molar-refractivity contribution in [1.29, 1.82) is 0 Å². The molecule has 0 saturated carbocycles. The Kier molecular flexibility index (Phi) is 10.8. The van der Waals surface area contributed by atoms with Crippen molar-refractivity contribution in [2.24, 2.45) is 0 Å². The Morgan fingerprint density at radius 1 is 0.173 bits per heavy atom. The zero-order valence-electron chi connectivity index (χ0n) is 41.3. The third-order valence-electron chi connectivity index (χ3n) is 15.5. The second-order valence-electron chi connectivity index (χ2n) is 19.6. The van der Waals surface area contributed by atoms with Gasteiger partial charge < -0.3 is 9.80 Å². The first kappa shape index (κ1) is 44.0. The summed E-state index contributed by atoms with van der Waals surface area (Å²) >= 11 is 0. The molecule has 2 nitrogen and oxygen atoms in total. The van der Waals surface area contributed by atoms with Crippen molar-refractivity contribution in [3.63, 3.8) is 0 Å². The van der Waals surface area contributed by atoms with Crippen molar-refractivity contribution < 1.29 is 0 Å². The number of para-hydroxylation sites is 4.